The highest BCUT2D eigenvalue weighted by Gasteiger charge is 2.29. The molecule has 0 saturated carbocycles. The molecule has 1 N–H and O–H groups in total. The number of nitrogens with one attached hydrogen (secondary N) is 1. The van der Waals surface area contributed by atoms with Gasteiger partial charge in [-0.15, -0.1) is 11.3 Å². The number of nitrogens with zero attached hydrogens (tertiary/aromatic N) is 3. The third kappa shape index (κ3) is 5.01. The Morgan fingerprint density at radius 3 is 2.55 bits per heavy atom. The lowest BCUT2D eigenvalue weighted by molar-refractivity contribution is -0.122. The summed E-state index contributed by atoms with van der Waals surface area (Å²) >= 11 is 1.48. The molecule has 0 radical (unpaired) electrons. The number of aromatic nitrogens is 2. The molecule has 3 aromatic rings. The minimum absolute atomic E-state index is 0.00595. The molecule has 1 amide bonds. The van der Waals surface area contributed by atoms with Gasteiger partial charge in [-0.25, -0.2) is 8.42 Å². The fourth-order valence-corrected chi connectivity index (χ4v) is 4.84. The molecule has 0 aliphatic carbocycles. The maximum atomic E-state index is 12.7. The molecule has 0 spiro atoms. The fraction of sp³-hybridized carbons (Fsp3) is 0.316. The predicted molar refractivity (Wildman–Crippen MR) is 112 cm³/mol. The van der Waals surface area contributed by atoms with Crippen LogP contribution in [0.4, 0.5) is 5.69 Å². The summed E-state index contributed by atoms with van der Waals surface area (Å²) in [5.41, 5.74) is 2.27. The lowest BCUT2D eigenvalue weighted by atomic mass is 10.1. The van der Waals surface area contributed by atoms with E-state index in [2.05, 4.69) is 15.5 Å². The number of benzene rings is 1. The van der Waals surface area contributed by atoms with Gasteiger partial charge < -0.3 is 9.84 Å². The molecule has 0 fully saturated rings. The van der Waals surface area contributed by atoms with Crippen LogP contribution in [0.15, 0.2) is 40.2 Å². The highest BCUT2D eigenvalue weighted by molar-refractivity contribution is 7.92. The van der Waals surface area contributed by atoms with E-state index in [1.54, 1.807) is 19.1 Å². The van der Waals surface area contributed by atoms with Gasteiger partial charge in [0.25, 0.3) is 0 Å². The first-order valence-electron chi connectivity index (χ1n) is 8.87. The summed E-state index contributed by atoms with van der Waals surface area (Å²) in [6.07, 6.45) is 1.08. The van der Waals surface area contributed by atoms with E-state index in [0.29, 0.717) is 11.5 Å². The van der Waals surface area contributed by atoms with Crippen LogP contribution in [-0.2, 0) is 21.4 Å². The molecular formula is C19H22N4O4S2. The van der Waals surface area contributed by atoms with E-state index in [-0.39, 0.29) is 12.4 Å². The lowest BCUT2D eigenvalue weighted by Gasteiger charge is -2.28. The van der Waals surface area contributed by atoms with Crippen molar-refractivity contribution in [3.05, 3.63) is 52.7 Å². The van der Waals surface area contributed by atoms with Crippen molar-refractivity contribution >= 4 is 33.0 Å². The van der Waals surface area contributed by atoms with E-state index < -0.39 is 22.0 Å². The molecule has 2 heterocycles. The highest BCUT2D eigenvalue weighted by atomic mass is 32.2. The summed E-state index contributed by atoms with van der Waals surface area (Å²) in [6.45, 7) is 5.30. The number of thiophene rings is 1. The molecule has 0 saturated heterocycles. The largest absolute Gasteiger partial charge is 0.345 e. The molecule has 29 heavy (non-hydrogen) atoms. The number of aryl methyl sites for hydroxylation is 2. The van der Waals surface area contributed by atoms with Gasteiger partial charge in [0.1, 0.15) is 6.04 Å². The van der Waals surface area contributed by atoms with Crippen LogP contribution < -0.4 is 9.62 Å². The average molecular weight is 435 g/mol. The smallest absolute Gasteiger partial charge is 0.246 e. The zero-order valence-corrected chi connectivity index (χ0v) is 18.2. The molecule has 1 atom stereocenters. The number of hydrogen-bond donors (Lipinski definition) is 1. The minimum atomic E-state index is -3.68. The van der Waals surface area contributed by atoms with Crippen LogP contribution in [0.1, 0.15) is 23.9 Å². The molecule has 1 aromatic carbocycles. The van der Waals surface area contributed by atoms with Crippen LogP contribution in [0.3, 0.4) is 0 Å². The first-order valence-corrected chi connectivity index (χ1v) is 11.6. The van der Waals surface area contributed by atoms with E-state index in [1.165, 1.54) is 11.3 Å². The molecule has 10 heteroatoms. The van der Waals surface area contributed by atoms with Crippen LogP contribution >= 0.6 is 11.3 Å². The van der Waals surface area contributed by atoms with Gasteiger partial charge in [0.15, 0.2) is 0 Å². The second kappa shape index (κ2) is 8.34. The van der Waals surface area contributed by atoms with Crippen LogP contribution in [0.5, 0.6) is 0 Å². The Hall–Kier alpha value is -2.72. The zero-order valence-electron chi connectivity index (χ0n) is 16.5. The summed E-state index contributed by atoms with van der Waals surface area (Å²) in [5, 5.41) is 8.46. The van der Waals surface area contributed by atoms with Crippen molar-refractivity contribution in [2.24, 2.45) is 0 Å². The Bertz CT molecular complexity index is 1090. The first kappa shape index (κ1) is 21.0. The SMILES string of the molecule is Cc1cc(C)cc(N([C@@H](C)C(=O)NCc2nc(-c3cccs3)no2)S(C)(=O)=O)c1. The van der Waals surface area contributed by atoms with Crippen LogP contribution in [0.2, 0.25) is 0 Å². The lowest BCUT2D eigenvalue weighted by Crippen LogP contribution is -2.47. The molecule has 8 nitrogen and oxygen atoms in total. The molecule has 3 rings (SSSR count). The number of hydrogen-bond acceptors (Lipinski definition) is 7. The highest BCUT2D eigenvalue weighted by Crippen LogP contribution is 2.24. The van der Waals surface area contributed by atoms with E-state index in [4.69, 9.17) is 4.52 Å². The molecule has 0 aliphatic rings. The van der Waals surface area contributed by atoms with Gasteiger partial charge in [0.05, 0.1) is 23.4 Å². The Morgan fingerprint density at radius 1 is 1.28 bits per heavy atom. The molecule has 154 valence electrons. The normalized spacial score (nSPS) is 12.6. The maximum Gasteiger partial charge on any atom is 0.246 e. The van der Waals surface area contributed by atoms with Crippen molar-refractivity contribution in [3.8, 4) is 10.7 Å². The topological polar surface area (TPSA) is 105 Å². The first-order chi connectivity index (χ1) is 13.6. The minimum Gasteiger partial charge on any atom is -0.345 e. The van der Waals surface area contributed by atoms with Gasteiger partial charge in [-0.05, 0) is 55.5 Å². The van der Waals surface area contributed by atoms with Crippen molar-refractivity contribution < 1.29 is 17.7 Å². The summed E-state index contributed by atoms with van der Waals surface area (Å²) in [4.78, 5) is 17.8. The molecule has 2 aromatic heterocycles. The summed E-state index contributed by atoms with van der Waals surface area (Å²) in [6, 6.07) is 8.22. The predicted octanol–water partition coefficient (Wildman–Crippen LogP) is 2.89. The van der Waals surface area contributed by atoms with Crippen molar-refractivity contribution in [1.29, 1.82) is 0 Å². The number of anilines is 1. The second-order valence-corrected chi connectivity index (χ2v) is 9.59. The molecule has 0 aliphatic heterocycles. The van der Waals surface area contributed by atoms with Crippen LogP contribution in [0.25, 0.3) is 10.7 Å². The quantitative estimate of drug-likeness (QED) is 0.613. The van der Waals surface area contributed by atoms with Crippen molar-refractivity contribution in [3.63, 3.8) is 0 Å². The van der Waals surface area contributed by atoms with E-state index in [1.807, 2.05) is 37.4 Å². The van der Waals surface area contributed by atoms with Crippen molar-refractivity contribution in [2.75, 3.05) is 10.6 Å². The molecule has 0 bridgehead atoms. The van der Waals surface area contributed by atoms with Gasteiger partial charge in [-0.2, -0.15) is 4.98 Å². The number of carbonyl (C=O) groups excluding carboxylic acids is 1. The summed E-state index contributed by atoms with van der Waals surface area (Å²) in [5.74, 6) is 0.224. The number of carbonyl (C=O) groups is 1. The zero-order chi connectivity index (χ0) is 21.2. The second-order valence-electron chi connectivity index (χ2n) is 6.79. The Labute approximate surface area is 173 Å². The number of sulfonamides is 1. The van der Waals surface area contributed by atoms with Crippen molar-refractivity contribution in [2.45, 2.75) is 33.4 Å². The van der Waals surface area contributed by atoms with Crippen LogP contribution in [-0.4, -0.2) is 36.8 Å². The maximum absolute atomic E-state index is 12.7. The van der Waals surface area contributed by atoms with E-state index in [0.717, 1.165) is 26.6 Å². The van der Waals surface area contributed by atoms with Gasteiger partial charge in [0.2, 0.25) is 27.6 Å². The van der Waals surface area contributed by atoms with E-state index >= 15 is 0 Å². The number of amides is 1. The average Bonchev–Trinajstić information content (AvgIpc) is 3.29. The molecule has 0 unspecified atom stereocenters. The van der Waals surface area contributed by atoms with Gasteiger partial charge in [0, 0.05) is 0 Å². The van der Waals surface area contributed by atoms with Crippen LogP contribution in [0, 0.1) is 13.8 Å². The summed E-state index contributed by atoms with van der Waals surface area (Å²) < 4.78 is 31.1. The molecular weight excluding hydrogens is 412 g/mol. The van der Waals surface area contributed by atoms with E-state index in [9.17, 15) is 13.2 Å². The fourth-order valence-electron chi connectivity index (χ4n) is 3.03. The number of rotatable bonds is 7. The summed E-state index contributed by atoms with van der Waals surface area (Å²) in [7, 11) is -3.68. The van der Waals surface area contributed by atoms with Crippen molar-refractivity contribution in [1.82, 2.24) is 15.5 Å². The monoisotopic (exact) mass is 434 g/mol. The third-order valence-electron chi connectivity index (χ3n) is 4.17. The Morgan fingerprint density at radius 2 is 1.97 bits per heavy atom. The Kier molecular flexibility index (Phi) is 6.04. The standard InChI is InChI=1S/C19H22N4O4S2/c1-12-8-13(2)10-15(9-12)23(29(4,25)26)14(3)19(24)20-11-17-21-18(22-27-17)16-6-5-7-28-16/h5-10,14H,11H2,1-4H3,(H,20,24)/t14-/m0/s1. The van der Waals surface area contributed by atoms with Gasteiger partial charge >= 0.3 is 0 Å². The van der Waals surface area contributed by atoms with Gasteiger partial charge in [-0.1, -0.05) is 17.3 Å². The third-order valence-corrected chi connectivity index (χ3v) is 6.28. The van der Waals surface area contributed by atoms with Gasteiger partial charge in [-0.3, -0.25) is 9.10 Å². The Balaban J connectivity index is 1.74.